The predicted molar refractivity (Wildman–Crippen MR) is 144 cm³/mol. The average Bonchev–Trinajstić information content (AvgIpc) is 2.85. The molecule has 12 heteroatoms. The van der Waals surface area contributed by atoms with E-state index >= 15 is 0 Å². The summed E-state index contributed by atoms with van der Waals surface area (Å²) in [5, 5.41) is 0. The van der Waals surface area contributed by atoms with E-state index in [0.29, 0.717) is 13.1 Å². The van der Waals surface area contributed by atoms with E-state index in [2.05, 4.69) is 4.90 Å². The van der Waals surface area contributed by atoms with Crippen LogP contribution in [0.15, 0.2) is 60.7 Å². The molecule has 0 spiro atoms. The van der Waals surface area contributed by atoms with Gasteiger partial charge in [-0.2, -0.15) is 25.9 Å². The van der Waals surface area contributed by atoms with Crippen LogP contribution in [0.1, 0.15) is 57.6 Å². The molecule has 0 radical (unpaired) electrons. The minimum absolute atomic E-state index is 0.0323. The Balaban J connectivity index is 1.72. The van der Waals surface area contributed by atoms with Gasteiger partial charge < -0.3 is 9.47 Å². The van der Waals surface area contributed by atoms with Crippen molar-refractivity contribution in [3.8, 4) is 0 Å². The molecular weight excluding hydrogens is 549 g/mol. The molecule has 1 amide bonds. The van der Waals surface area contributed by atoms with E-state index in [1.54, 1.807) is 0 Å². The van der Waals surface area contributed by atoms with Crippen molar-refractivity contribution in [2.24, 2.45) is 0 Å². The predicted octanol–water partition coefficient (Wildman–Crippen LogP) is 5.99. The molecule has 8 nitrogen and oxygen atoms in total. The van der Waals surface area contributed by atoms with E-state index in [0.717, 1.165) is 11.1 Å². The van der Waals surface area contributed by atoms with Crippen LogP contribution >= 0.6 is 0 Å². The van der Waals surface area contributed by atoms with Crippen LogP contribution in [-0.4, -0.2) is 64.8 Å². The molecule has 2 aromatic rings. The Hall–Kier alpha value is -2.67. The fourth-order valence-electron chi connectivity index (χ4n) is 4.83. The molecule has 0 saturated heterocycles. The molecule has 0 bridgehead atoms. The smallest absolute Gasteiger partial charge is 0.425 e. The number of amides is 1. The molecule has 1 aliphatic carbocycles. The highest BCUT2D eigenvalue weighted by Crippen LogP contribution is 2.45. The number of carbonyl (C=O) groups is 1. The highest BCUT2D eigenvalue weighted by atomic mass is 32.2. The number of hydrogen-bond donors (Lipinski definition) is 1. The Morgan fingerprint density at radius 1 is 0.950 bits per heavy atom. The fourth-order valence-corrected chi connectivity index (χ4v) is 5.36. The van der Waals surface area contributed by atoms with Crippen LogP contribution in [0.25, 0.3) is 0 Å². The van der Waals surface area contributed by atoms with Crippen molar-refractivity contribution in [1.29, 1.82) is 0 Å². The van der Waals surface area contributed by atoms with Gasteiger partial charge in [0.15, 0.2) is 5.60 Å². The van der Waals surface area contributed by atoms with Crippen molar-refractivity contribution in [3.05, 3.63) is 71.8 Å². The Kier molecular flexibility index (Phi) is 10.3. The summed E-state index contributed by atoms with van der Waals surface area (Å²) in [6.07, 6.45) is -6.39. The van der Waals surface area contributed by atoms with E-state index in [-0.39, 0.29) is 36.0 Å². The molecular formula is C28H37F3N2O6S. The van der Waals surface area contributed by atoms with Gasteiger partial charge in [-0.25, -0.2) is 4.79 Å². The summed E-state index contributed by atoms with van der Waals surface area (Å²) >= 11 is 0. The Morgan fingerprint density at radius 2 is 1.43 bits per heavy atom. The van der Waals surface area contributed by atoms with Gasteiger partial charge in [0, 0.05) is 19.1 Å². The molecule has 3 rings (SSSR count). The topological polar surface area (TPSA) is 96.4 Å². The third-order valence-corrected chi connectivity index (χ3v) is 7.69. The van der Waals surface area contributed by atoms with Crippen LogP contribution in [0.4, 0.5) is 18.0 Å². The number of nitrogens with zero attached hydrogens (tertiary/aromatic N) is 2. The number of hydrogen-bond acceptors (Lipinski definition) is 6. The molecule has 0 unspecified atom stereocenters. The second-order valence-corrected chi connectivity index (χ2v) is 12.3. The van der Waals surface area contributed by atoms with Gasteiger partial charge in [-0.05, 0) is 57.6 Å². The maximum atomic E-state index is 14.3. The van der Waals surface area contributed by atoms with Crippen LogP contribution in [0.5, 0.6) is 0 Å². The summed E-state index contributed by atoms with van der Waals surface area (Å²) in [6.45, 7) is 4.00. The van der Waals surface area contributed by atoms with Gasteiger partial charge in [0.05, 0.1) is 13.2 Å². The Bertz CT molecular complexity index is 1150. The van der Waals surface area contributed by atoms with Crippen LogP contribution in [0.2, 0.25) is 0 Å². The van der Waals surface area contributed by atoms with Gasteiger partial charge >= 0.3 is 22.6 Å². The molecule has 1 N–H and O–H groups in total. The third-order valence-electron chi connectivity index (χ3n) is 6.80. The number of ether oxygens (including phenoxy) is 2. The van der Waals surface area contributed by atoms with Gasteiger partial charge in [-0.1, -0.05) is 60.7 Å². The van der Waals surface area contributed by atoms with Crippen LogP contribution < -0.4 is 0 Å². The maximum Gasteiger partial charge on any atom is 0.425 e. The zero-order chi connectivity index (χ0) is 29.6. The lowest BCUT2D eigenvalue weighted by Crippen LogP contribution is -2.54. The third kappa shape index (κ3) is 8.92. The molecule has 1 saturated carbocycles. The molecule has 222 valence electrons. The fraction of sp³-hybridized carbons (Fsp3) is 0.536. The first-order valence-electron chi connectivity index (χ1n) is 13.1. The van der Waals surface area contributed by atoms with Crippen molar-refractivity contribution in [1.82, 2.24) is 9.21 Å². The molecule has 0 aromatic heterocycles. The monoisotopic (exact) mass is 586 g/mol. The first-order valence-corrected chi connectivity index (χ1v) is 14.5. The lowest BCUT2D eigenvalue weighted by Gasteiger charge is -2.44. The normalized spacial score (nSPS) is 20.4. The van der Waals surface area contributed by atoms with E-state index < -0.39 is 46.9 Å². The van der Waals surface area contributed by atoms with Crippen molar-refractivity contribution in [3.63, 3.8) is 0 Å². The van der Waals surface area contributed by atoms with Gasteiger partial charge in [0.1, 0.15) is 5.60 Å². The minimum Gasteiger partial charge on any atom is -0.443 e. The SMILES string of the molecule is CC(C)(C)OC(=O)N(CCOC1(C(F)(F)F)CCC(N(Cc2ccccc2)Cc2ccccc2)CC1)S(=O)(=O)O. The minimum atomic E-state index is -5.08. The summed E-state index contributed by atoms with van der Waals surface area (Å²) < 4.78 is 86.2. The number of rotatable bonds is 10. The summed E-state index contributed by atoms with van der Waals surface area (Å²) in [5.74, 6) is 0. The molecule has 1 aliphatic rings. The number of alkyl halides is 3. The van der Waals surface area contributed by atoms with Crippen LogP contribution in [0.3, 0.4) is 0 Å². The number of carbonyl (C=O) groups excluding carboxylic acids is 1. The van der Waals surface area contributed by atoms with E-state index in [1.807, 2.05) is 60.7 Å². The van der Waals surface area contributed by atoms with E-state index in [1.165, 1.54) is 20.8 Å². The zero-order valence-corrected chi connectivity index (χ0v) is 23.7. The van der Waals surface area contributed by atoms with E-state index in [4.69, 9.17) is 9.47 Å². The van der Waals surface area contributed by atoms with Crippen molar-refractivity contribution in [2.75, 3.05) is 13.2 Å². The van der Waals surface area contributed by atoms with Crippen LogP contribution in [-0.2, 0) is 32.9 Å². The number of halogens is 3. The first-order chi connectivity index (χ1) is 18.6. The zero-order valence-electron chi connectivity index (χ0n) is 22.9. The first kappa shape index (κ1) is 31.9. The molecule has 2 aromatic carbocycles. The van der Waals surface area contributed by atoms with Crippen molar-refractivity contribution in [2.45, 2.75) is 83.0 Å². The number of benzene rings is 2. The molecule has 0 atom stereocenters. The van der Waals surface area contributed by atoms with Gasteiger partial charge in [0.25, 0.3) is 0 Å². The van der Waals surface area contributed by atoms with E-state index in [9.17, 15) is 30.9 Å². The summed E-state index contributed by atoms with van der Waals surface area (Å²) in [5.41, 5.74) is -1.49. The van der Waals surface area contributed by atoms with Gasteiger partial charge in [-0.3, -0.25) is 9.45 Å². The summed E-state index contributed by atoms with van der Waals surface area (Å²) in [7, 11) is -5.08. The highest BCUT2D eigenvalue weighted by Gasteiger charge is 2.57. The molecule has 1 fully saturated rings. The second kappa shape index (κ2) is 12.9. The highest BCUT2D eigenvalue weighted by molar-refractivity contribution is 7.83. The molecule has 40 heavy (non-hydrogen) atoms. The summed E-state index contributed by atoms with van der Waals surface area (Å²) in [6, 6.07) is 19.3. The second-order valence-electron chi connectivity index (χ2n) is 11.0. The average molecular weight is 587 g/mol. The molecule has 0 aliphatic heterocycles. The lowest BCUT2D eigenvalue weighted by atomic mass is 9.80. The van der Waals surface area contributed by atoms with Crippen molar-refractivity contribution >= 4 is 16.4 Å². The van der Waals surface area contributed by atoms with Gasteiger partial charge in [0.2, 0.25) is 0 Å². The Labute approximate surface area is 233 Å². The quantitative estimate of drug-likeness (QED) is 0.342. The maximum absolute atomic E-state index is 14.3. The lowest BCUT2D eigenvalue weighted by molar-refractivity contribution is -0.290. The summed E-state index contributed by atoms with van der Waals surface area (Å²) in [4.78, 5) is 14.4. The van der Waals surface area contributed by atoms with Gasteiger partial charge in [-0.15, -0.1) is 0 Å². The molecule has 0 heterocycles. The van der Waals surface area contributed by atoms with Crippen LogP contribution in [0, 0.1) is 0 Å². The largest absolute Gasteiger partial charge is 0.443 e. The standard InChI is InChI=1S/C28H37F3N2O6S/c1-26(2,3)39-25(34)33(40(35,36)37)18-19-38-27(28(29,30)31)16-14-24(15-17-27)32(20-22-10-6-4-7-11-22)21-23-12-8-5-9-13-23/h4-13,24H,14-21H2,1-3H3,(H,35,36,37). The Morgan fingerprint density at radius 3 is 1.82 bits per heavy atom. The van der Waals surface area contributed by atoms with Crippen molar-refractivity contribution < 1.29 is 40.4 Å².